The van der Waals surface area contributed by atoms with Crippen LogP contribution in [0.15, 0.2) is 0 Å². The van der Waals surface area contributed by atoms with Crippen LogP contribution in [0, 0.1) is 5.92 Å². The summed E-state index contributed by atoms with van der Waals surface area (Å²) >= 11 is 0. The molecule has 1 heterocycles. The molecular weight excluding hydrogens is 86.1 g/mol. The van der Waals surface area contributed by atoms with E-state index >= 15 is 0 Å². The summed E-state index contributed by atoms with van der Waals surface area (Å²) in [6, 6.07) is 0.903. The molecule has 0 amide bonds. The fourth-order valence-corrected chi connectivity index (χ4v) is 0.968. The van der Waals surface area contributed by atoms with Crippen LogP contribution < -0.4 is 0 Å². The van der Waals surface area contributed by atoms with E-state index in [1.54, 1.807) is 0 Å². The SMILES string of the molecule is CC(C)[C@@H]1CN1C. The van der Waals surface area contributed by atoms with Crippen LogP contribution in [-0.4, -0.2) is 24.5 Å². The van der Waals surface area contributed by atoms with Crippen molar-refractivity contribution in [3.63, 3.8) is 0 Å². The molecule has 0 saturated carbocycles. The maximum absolute atomic E-state index is 2.37. The van der Waals surface area contributed by atoms with Gasteiger partial charge in [-0.25, -0.2) is 0 Å². The van der Waals surface area contributed by atoms with Crippen molar-refractivity contribution in [2.24, 2.45) is 5.92 Å². The molecule has 0 spiro atoms. The van der Waals surface area contributed by atoms with Crippen LogP contribution in [0.25, 0.3) is 0 Å². The molecule has 0 bridgehead atoms. The molecule has 1 nitrogen and oxygen atoms in total. The lowest BCUT2D eigenvalue weighted by Gasteiger charge is -1.97. The highest BCUT2D eigenvalue weighted by molar-refractivity contribution is 4.87. The molecule has 2 atom stereocenters. The van der Waals surface area contributed by atoms with E-state index in [1.807, 2.05) is 0 Å². The molecule has 0 radical (unpaired) electrons. The van der Waals surface area contributed by atoms with E-state index < -0.39 is 0 Å². The van der Waals surface area contributed by atoms with Gasteiger partial charge >= 0.3 is 0 Å². The summed E-state index contributed by atoms with van der Waals surface area (Å²) in [5.41, 5.74) is 0. The third-order valence-electron chi connectivity index (χ3n) is 1.68. The quantitative estimate of drug-likeness (QED) is 0.442. The second-order valence-corrected chi connectivity index (χ2v) is 2.75. The van der Waals surface area contributed by atoms with Gasteiger partial charge in [-0.1, -0.05) is 13.8 Å². The summed E-state index contributed by atoms with van der Waals surface area (Å²) in [7, 11) is 2.17. The Morgan fingerprint density at radius 1 is 1.57 bits per heavy atom. The van der Waals surface area contributed by atoms with Crippen molar-refractivity contribution in [1.29, 1.82) is 0 Å². The van der Waals surface area contributed by atoms with Crippen LogP contribution in [0.3, 0.4) is 0 Å². The topological polar surface area (TPSA) is 3.01 Å². The molecule has 1 saturated heterocycles. The second-order valence-electron chi connectivity index (χ2n) is 2.75. The van der Waals surface area contributed by atoms with Gasteiger partial charge in [-0.3, -0.25) is 0 Å². The van der Waals surface area contributed by atoms with E-state index in [9.17, 15) is 0 Å². The van der Waals surface area contributed by atoms with Gasteiger partial charge in [-0.15, -0.1) is 0 Å². The molecular formula is C6H13N. The number of rotatable bonds is 1. The standard InChI is InChI=1S/C6H13N/c1-5(2)6-4-7(6)3/h5-6H,4H2,1-3H3/t6-,7?/m0/s1. The van der Waals surface area contributed by atoms with Crippen LogP contribution in [0.2, 0.25) is 0 Å². The zero-order chi connectivity index (χ0) is 5.44. The van der Waals surface area contributed by atoms with E-state index in [-0.39, 0.29) is 0 Å². The maximum Gasteiger partial charge on any atom is 0.0243 e. The normalized spacial score (nSPS) is 39.4. The third kappa shape index (κ3) is 0.942. The van der Waals surface area contributed by atoms with Gasteiger partial charge in [0, 0.05) is 12.6 Å². The molecule has 1 heteroatoms. The van der Waals surface area contributed by atoms with Crippen molar-refractivity contribution in [1.82, 2.24) is 4.90 Å². The Bertz CT molecular complexity index is 68.6. The van der Waals surface area contributed by atoms with Crippen molar-refractivity contribution in [3.05, 3.63) is 0 Å². The molecule has 42 valence electrons. The number of hydrogen-bond acceptors (Lipinski definition) is 1. The minimum Gasteiger partial charge on any atom is -0.300 e. The van der Waals surface area contributed by atoms with Gasteiger partial charge in [0.15, 0.2) is 0 Å². The van der Waals surface area contributed by atoms with E-state index in [1.165, 1.54) is 6.54 Å². The summed E-state index contributed by atoms with van der Waals surface area (Å²) in [6.45, 7) is 5.86. The van der Waals surface area contributed by atoms with Crippen LogP contribution in [0.4, 0.5) is 0 Å². The van der Waals surface area contributed by atoms with E-state index in [0.717, 1.165) is 12.0 Å². The molecule has 0 aromatic heterocycles. The fourth-order valence-electron chi connectivity index (χ4n) is 0.968. The third-order valence-corrected chi connectivity index (χ3v) is 1.68. The molecule has 0 aromatic rings. The van der Waals surface area contributed by atoms with E-state index in [4.69, 9.17) is 0 Å². The minimum atomic E-state index is 0.866. The van der Waals surface area contributed by atoms with Crippen LogP contribution in [0.5, 0.6) is 0 Å². The molecule has 1 rings (SSSR count). The summed E-state index contributed by atoms with van der Waals surface area (Å²) in [6.07, 6.45) is 0. The van der Waals surface area contributed by atoms with Gasteiger partial charge in [0.05, 0.1) is 0 Å². The van der Waals surface area contributed by atoms with Crippen molar-refractivity contribution >= 4 is 0 Å². The number of hydrogen-bond donors (Lipinski definition) is 0. The predicted octanol–water partition coefficient (Wildman–Crippen LogP) is 0.956. The van der Waals surface area contributed by atoms with Gasteiger partial charge < -0.3 is 4.90 Å². The Kier molecular flexibility index (Phi) is 1.08. The zero-order valence-corrected chi connectivity index (χ0v) is 5.31. The first-order valence-electron chi connectivity index (χ1n) is 2.92. The minimum absolute atomic E-state index is 0.866. The molecule has 7 heavy (non-hydrogen) atoms. The van der Waals surface area contributed by atoms with Crippen molar-refractivity contribution in [2.45, 2.75) is 19.9 Å². The lowest BCUT2D eigenvalue weighted by atomic mass is 10.1. The van der Waals surface area contributed by atoms with Gasteiger partial charge in [-0.05, 0) is 13.0 Å². The first-order valence-corrected chi connectivity index (χ1v) is 2.92. The molecule has 0 aliphatic carbocycles. The highest BCUT2D eigenvalue weighted by atomic mass is 15.3. The molecule has 1 unspecified atom stereocenters. The molecule has 1 aliphatic heterocycles. The average Bonchev–Trinajstić information content (AvgIpc) is 2.17. The Morgan fingerprint density at radius 2 is 2.00 bits per heavy atom. The highest BCUT2D eigenvalue weighted by Crippen LogP contribution is 2.21. The molecule has 1 aliphatic rings. The maximum atomic E-state index is 2.37. The number of nitrogens with zero attached hydrogens (tertiary/aromatic N) is 1. The average molecular weight is 99.2 g/mol. The van der Waals surface area contributed by atoms with Gasteiger partial charge in [-0.2, -0.15) is 0 Å². The zero-order valence-electron chi connectivity index (χ0n) is 5.31. The highest BCUT2D eigenvalue weighted by Gasteiger charge is 2.31. The molecule has 1 fully saturated rings. The van der Waals surface area contributed by atoms with Crippen LogP contribution in [0.1, 0.15) is 13.8 Å². The summed E-state index contributed by atoms with van der Waals surface area (Å²) in [5, 5.41) is 0. The largest absolute Gasteiger partial charge is 0.300 e. The fraction of sp³-hybridized carbons (Fsp3) is 1.00. The lowest BCUT2D eigenvalue weighted by molar-refractivity contribution is 0.508. The Labute approximate surface area is 45.3 Å². The van der Waals surface area contributed by atoms with Gasteiger partial charge in [0.2, 0.25) is 0 Å². The van der Waals surface area contributed by atoms with Crippen molar-refractivity contribution in [3.8, 4) is 0 Å². The smallest absolute Gasteiger partial charge is 0.0243 e. The lowest BCUT2D eigenvalue weighted by Crippen LogP contribution is -2.01. The van der Waals surface area contributed by atoms with Gasteiger partial charge in [0.25, 0.3) is 0 Å². The van der Waals surface area contributed by atoms with Crippen LogP contribution >= 0.6 is 0 Å². The Balaban J connectivity index is 2.20. The second kappa shape index (κ2) is 1.48. The molecule has 0 N–H and O–H groups in total. The first-order chi connectivity index (χ1) is 3.22. The summed E-state index contributed by atoms with van der Waals surface area (Å²) < 4.78 is 0. The Morgan fingerprint density at radius 3 is 2.00 bits per heavy atom. The predicted molar refractivity (Wildman–Crippen MR) is 31.3 cm³/mol. The number of likely N-dealkylation sites (N-methyl/N-ethyl adjacent to an activating group) is 1. The summed E-state index contributed by atoms with van der Waals surface area (Å²) in [5.74, 6) is 0.866. The van der Waals surface area contributed by atoms with Crippen LogP contribution in [-0.2, 0) is 0 Å². The Hall–Kier alpha value is -0.0400. The van der Waals surface area contributed by atoms with Crippen molar-refractivity contribution in [2.75, 3.05) is 13.6 Å². The van der Waals surface area contributed by atoms with E-state index in [2.05, 4.69) is 25.8 Å². The monoisotopic (exact) mass is 99.1 g/mol. The van der Waals surface area contributed by atoms with Gasteiger partial charge in [0.1, 0.15) is 0 Å². The first kappa shape index (κ1) is 5.10. The molecule has 0 aromatic carbocycles. The van der Waals surface area contributed by atoms with Crippen molar-refractivity contribution < 1.29 is 0 Å². The summed E-state index contributed by atoms with van der Waals surface area (Å²) in [4.78, 5) is 2.37. The van der Waals surface area contributed by atoms with E-state index in [0.29, 0.717) is 0 Å².